The molecular formula is C92H74N2O2. The second-order valence-corrected chi connectivity index (χ2v) is 28.5. The summed E-state index contributed by atoms with van der Waals surface area (Å²) in [5, 5.41) is 9.07. The molecule has 96 heavy (non-hydrogen) atoms. The lowest BCUT2D eigenvalue weighted by atomic mass is 9.65. The average molecular weight is 1240 g/mol. The summed E-state index contributed by atoms with van der Waals surface area (Å²) in [5.41, 5.74) is 31.1. The van der Waals surface area contributed by atoms with Gasteiger partial charge in [-0.25, -0.2) is 0 Å². The second kappa shape index (κ2) is 22.2. The van der Waals surface area contributed by atoms with Gasteiger partial charge in [0.1, 0.15) is 11.2 Å². The minimum absolute atomic E-state index is 0.116. The highest BCUT2D eigenvalue weighted by molar-refractivity contribution is 6.33. The number of benzene rings is 14. The second-order valence-electron chi connectivity index (χ2n) is 28.5. The van der Waals surface area contributed by atoms with Crippen LogP contribution in [0.2, 0.25) is 0 Å². The van der Waals surface area contributed by atoms with Crippen LogP contribution in [0.25, 0.3) is 132 Å². The Morgan fingerprint density at radius 3 is 0.896 bits per heavy atom. The molecule has 0 bridgehead atoms. The van der Waals surface area contributed by atoms with Crippen LogP contribution in [0, 0.1) is 27.7 Å². The number of furan rings is 2. The molecule has 4 heteroatoms. The predicted octanol–water partition coefficient (Wildman–Crippen LogP) is 26.9. The fourth-order valence-corrected chi connectivity index (χ4v) is 15.5. The van der Waals surface area contributed by atoms with Gasteiger partial charge in [-0.2, -0.15) is 0 Å². The minimum Gasteiger partial charge on any atom is -0.454 e. The Bertz CT molecular complexity index is 5460. The van der Waals surface area contributed by atoms with Gasteiger partial charge in [-0.15, -0.1) is 0 Å². The molecule has 0 saturated carbocycles. The van der Waals surface area contributed by atoms with E-state index in [1.165, 1.54) is 88.7 Å². The van der Waals surface area contributed by atoms with Crippen LogP contribution in [0.4, 0.5) is 34.1 Å². The van der Waals surface area contributed by atoms with Crippen molar-refractivity contribution >= 4 is 99.5 Å². The van der Waals surface area contributed by atoms with Gasteiger partial charge in [0.05, 0.1) is 11.4 Å². The molecule has 0 spiro atoms. The van der Waals surface area contributed by atoms with Gasteiger partial charge in [0.2, 0.25) is 0 Å². The number of fused-ring (bicyclic) bond motifs is 12. The van der Waals surface area contributed by atoms with E-state index < -0.39 is 0 Å². The SMILES string of the molecule is Cc1ccc(C(C)(C)C)cc1N(c1ccc2c(-c3ccccc3)c3c(c(-c4ccccc4)c2c1)-c1c-3c(-c2ccccc2)c2ccc(N(c3cc(C(C)(C)C)ccc3C)c3c(C)ccc4c3oc3ccccc34)cc2c1-c1ccccc1)c1c(C)ccc2c1oc1ccccc12. The molecule has 0 fully saturated rings. The highest BCUT2D eigenvalue weighted by Crippen LogP contribution is 2.66. The van der Waals surface area contributed by atoms with Crippen LogP contribution in [0.3, 0.4) is 0 Å². The molecule has 16 aromatic rings. The molecule has 464 valence electrons. The van der Waals surface area contributed by atoms with Crippen LogP contribution in [0.5, 0.6) is 0 Å². The van der Waals surface area contributed by atoms with Crippen LogP contribution < -0.4 is 9.80 Å². The molecule has 0 saturated heterocycles. The third-order valence-corrected chi connectivity index (χ3v) is 20.4. The summed E-state index contributed by atoms with van der Waals surface area (Å²) < 4.78 is 14.2. The Kier molecular flexibility index (Phi) is 13.6. The lowest BCUT2D eigenvalue weighted by Gasteiger charge is -2.38. The number of rotatable bonds is 10. The molecule has 0 atom stereocenters. The van der Waals surface area contributed by atoms with Crippen molar-refractivity contribution in [2.75, 3.05) is 9.80 Å². The van der Waals surface area contributed by atoms with Crippen LogP contribution in [0.15, 0.2) is 276 Å². The van der Waals surface area contributed by atoms with Gasteiger partial charge in [0.25, 0.3) is 0 Å². The van der Waals surface area contributed by atoms with E-state index in [2.05, 4.69) is 346 Å². The topological polar surface area (TPSA) is 32.8 Å². The van der Waals surface area contributed by atoms with E-state index >= 15 is 0 Å². The van der Waals surface area contributed by atoms with Crippen molar-refractivity contribution < 1.29 is 8.83 Å². The zero-order chi connectivity index (χ0) is 65.5. The van der Waals surface area contributed by atoms with Crippen LogP contribution in [-0.2, 0) is 10.8 Å². The molecule has 0 amide bonds. The number of hydrogen-bond donors (Lipinski definition) is 0. The van der Waals surface area contributed by atoms with Crippen molar-refractivity contribution in [3.8, 4) is 66.8 Å². The van der Waals surface area contributed by atoms with Crippen molar-refractivity contribution in [1.82, 2.24) is 0 Å². The first kappa shape index (κ1) is 58.6. The van der Waals surface area contributed by atoms with Crippen molar-refractivity contribution in [3.05, 3.63) is 300 Å². The predicted molar refractivity (Wildman–Crippen MR) is 408 cm³/mol. The zero-order valence-corrected chi connectivity index (χ0v) is 56.1. The summed E-state index contributed by atoms with van der Waals surface area (Å²) in [4.78, 5) is 5.01. The first-order chi connectivity index (χ1) is 46.6. The summed E-state index contributed by atoms with van der Waals surface area (Å²) in [5.74, 6) is 0. The maximum atomic E-state index is 7.09. The maximum absolute atomic E-state index is 7.09. The lowest BCUT2D eigenvalue weighted by molar-refractivity contribution is 0.590. The number of aryl methyl sites for hydroxylation is 4. The Balaban J connectivity index is 1.02. The number of hydrogen-bond acceptors (Lipinski definition) is 4. The fourth-order valence-electron chi connectivity index (χ4n) is 15.5. The van der Waals surface area contributed by atoms with E-state index in [0.717, 1.165) is 111 Å². The van der Waals surface area contributed by atoms with Crippen molar-refractivity contribution in [2.45, 2.75) is 80.1 Å². The van der Waals surface area contributed by atoms with E-state index in [0.29, 0.717) is 0 Å². The highest BCUT2D eigenvalue weighted by Gasteiger charge is 2.40. The van der Waals surface area contributed by atoms with E-state index in [9.17, 15) is 0 Å². The maximum Gasteiger partial charge on any atom is 0.159 e. The van der Waals surface area contributed by atoms with Crippen molar-refractivity contribution in [2.24, 2.45) is 0 Å². The van der Waals surface area contributed by atoms with Crippen molar-refractivity contribution in [1.29, 1.82) is 0 Å². The largest absolute Gasteiger partial charge is 0.454 e. The smallest absolute Gasteiger partial charge is 0.159 e. The summed E-state index contributed by atoms with van der Waals surface area (Å²) in [6.45, 7) is 22.8. The van der Waals surface area contributed by atoms with Gasteiger partial charge in [-0.1, -0.05) is 260 Å². The molecule has 0 unspecified atom stereocenters. The van der Waals surface area contributed by atoms with E-state index in [1.807, 2.05) is 0 Å². The Morgan fingerprint density at radius 1 is 0.250 bits per heavy atom. The normalized spacial score (nSPS) is 12.3. The van der Waals surface area contributed by atoms with Crippen molar-refractivity contribution in [3.63, 3.8) is 0 Å². The minimum atomic E-state index is -0.116. The third kappa shape index (κ3) is 9.25. The zero-order valence-electron chi connectivity index (χ0n) is 56.1. The molecule has 0 N–H and O–H groups in total. The first-order valence-electron chi connectivity index (χ1n) is 33.7. The highest BCUT2D eigenvalue weighted by atomic mass is 16.3. The molecule has 1 aliphatic carbocycles. The van der Waals surface area contributed by atoms with E-state index in [1.54, 1.807) is 0 Å². The molecule has 14 aromatic carbocycles. The third-order valence-electron chi connectivity index (χ3n) is 20.4. The first-order valence-corrected chi connectivity index (χ1v) is 33.7. The van der Waals surface area contributed by atoms with Gasteiger partial charge in [0, 0.05) is 44.3 Å². The van der Waals surface area contributed by atoms with Gasteiger partial charge in [-0.3, -0.25) is 0 Å². The Hall–Kier alpha value is -11.2. The summed E-state index contributed by atoms with van der Waals surface area (Å²) in [6.07, 6.45) is 0. The summed E-state index contributed by atoms with van der Waals surface area (Å²) in [7, 11) is 0. The van der Waals surface area contributed by atoms with Gasteiger partial charge in [-0.05, 0) is 209 Å². The summed E-state index contributed by atoms with van der Waals surface area (Å²) in [6, 6.07) is 99.3. The van der Waals surface area contributed by atoms with Crippen LogP contribution in [0.1, 0.15) is 74.9 Å². The number of anilines is 6. The molecule has 1 aliphatic rings. The standard InChI is InChI=1S/C92H74N2O2/c1-55-39-43-63(91(5,6)7)51-75(55)93(87-57(3)41-47-71-67-35-23-25-37-77(67)95-89(71)87)65-45-49-69-73(53-65)81(61-31-19-13-20-32-61)85-83(79(69)59-27-15-11-16-28-59)84-80(60-29-17-12-18-30-60)70-50-46-66(54-74(70)82(86(84)85)62-33-21-14-22-34-62)94(76-52-64(92(8,9)10)44-40-56(76)2)88-58(4)42-48-72-68-36-24-26-38-78(68)96-90(72)88/h11-54H,1-10H3. The fraction of sp³-hybridized carbons (Fsp3) is 0.130. The molecule has 2 aromatic heterocycles. The average Bonchev–Trinajstić information content (AvgIpc) is 0.824. The quantitative estimate of drug-likeness (QED) is 0.137. The van der Waals surface area contributed by atoms with Crippen LogP contribution >= 0.6 is 0 Å². The van der Waals surface area contributed by atoms with Crippen LogP contribution in [-0.4, -0.2) is 0 Å². The molecule has 0 aliphatic heterocycles. The number of para-hydroxylation sites is 2. The lowest BCUT2D eigenvalue weighted by Crippen LogP contribution is -2.17. The van der Waals surface area contributed by atoms with Gasteiger partial charge in [0.15, 0.2) is 11.2 Å². The Morgan fingerprint density at radius 2 is 0.552 bits per heavy atom. The van der Waals surface area contributed by atoms with Gasteiger partial charge >= 0.3 is 0 Å². The molecule has 17 rings (SSSR count). The molecular weight excluding hydrogens is 1170 g/mol. The molecule has 0 radical (unpaired) electrons. The Labute approximate surface area is 562 Å². The monoisotopic (exact) mass is 1240 g/mol. The molecule has 2 heterocycles. The molecule has 4 nitrogen and oxygen atoms in total. The number of nitrogens with zero attached hydrogens (tertiary/aromatic N) is 2. The summed E-state index contributed by atoms with van der Waals surface area (Å²) >= 11 is 0. The van der Waals surface area contributed by atoms with Gasteiger partial charge < -0.3 is 18.6 Å². The van der Waals surface area contributed by atoms with E-state index in [-0.39, 0.29) is 10.8 Å². The van der Waals surface area contributed by atoms with E-state index in [4.69, 9.17) is 8.83 Å².